The van der Waals surface area contributed by atoms with Gasteiger partial charge in [-0.3, -0.25) is 0 Å². The van der Waals surface area contributed by atoms with Crippen LogP contribution >= 0.6 is 15.9 Å². The molecule has 1 aliphatic heterocycles. The normalized spacial score (nSPS) is 22.4. The topological polar surface area (TPSA) is 30.5 Å². The molecule has 0 aliphatic carbocycles. The van der Waals surface area contributed by atoms with Crippen molar-refractivity contribution in [3.8, 4) is 5.75 Å². The monoisotopic (exact) mass is 299 g/mol. The summed E-state index contributed by atoms with van der Waals surface area (Å²) >= 11 is 3.53. The molecule has 0 amide bonds. The molecule has 4 heteroatoms. The first-order valence-electron chi connectivity index (χ1n) is 5.92. The number of benzene rings is 1. The Bertz CT molecular complexity index is 409. The highest BCUT2D eigenvalue weighted by atomic mass is 79.9. The van der Waals surface area contributed by atoms with Gasteiger partial charge in [0.05, 0.1) is 13.2 Å². The van der Waals surface area contributed by atoms with Gasteiger partial charge in [-0.25, -0.2) is 0 Å². The second-order valence-electron chi connectivity index (χ2n) is 4.39. The van der Waals surface area contributed by atoms with Crippen LogP contribution in [0.3, 0.4) is 0 Å². The van der Waals surface area contributed by atoms with Gasteiger partial charge in [-0.2, -0.15) is 5.48 Å². The summed E-state index contributed by atoms with van der Waals surface area (Å²) in [5.74, 6) is 1.00. The van der Waals surface area contributed by atoms with Crippen LogP contribution in [0.4, 0.5) is 0 Å². The summed E-state index contributed by atoms with van der Waals surface area (Å²) in [5.41, 5.74) is 5.38. The fourth-order valence-electron chi connectivity index (χ4n) is 2.34. The van der Waals surface area contributed by atoms with Gasteiger partial charge in [-0.15, -0.1) is 0 Å². The number of hydroxylamine groups is 1. The summed E-state index contributed by atoms with van der Waals surface area (Å²) < 4.78 is 7.12. The summed E-state index contributed by atoms with van der Waals surface area (Å²) in [6, 6.07) is 4.30. The Morgan fingerprint density at radius 3 is 2.88 bits per heavy atom. The zero-order valence-corrected chi connectivity index (χ0v) is 12.0. The van der Waals surface area contributed by atoms with Gasteiger partial charge in [0.25, 0.3) is 0 Å². The Morgan fingerprint density at radius 2 is 2.24 bits per heavy atom. The van der Waals surface area contributed by atoms with Gasteiger partial charge in [-0.1, -0.05) is 29.3 Å². The molecule has 0 aromatic heterocycles. The van der Waals surface area contributed by atoms with Gasteiger partial charge < -0.3 is 9.57 Å². The standard InChI is InChI=1S/C13H18BrNO2/c1-4-5-11-12(15-16-3)10-7-9(14)6-8(2)13(10)17-11/h6-7,11-12,15H,4-5H2,1-3H3. The van der Waals surface area contributed by atoms with Crippen molar-refractivity contribution in [2.24, 2.45) is 0 Å². The summed E-state index contributed by atoms with van der Waals surface area (Å²) in [6.45, 7) is 4.24. The Balaban J connectivity index is 2.35. The molecule has 2 rings (SSSR count). The van der Waals surface area contributed by atoms with Crippen LogP contribution in [0.25, 0.3) is 0 Å². The van der Waals surface area contributed by atoms with Crippen molar-refractivity contribution in [2.75, 3.05) is 7.11 Å². The molecule has 1 aromatic rings. The van der Waals surface area contributed by atoms with Crippen molar-refractivity contribution >= 4 is 15.9 Å². The molecule has 0 fully saturated rings. The maximum absolute atomic E-state index is 6.03. The van der Waals surface area contributed by atoms with E-state index < -0.39 is 0 Å². The van der Waals surface area contributed by atoms with Gasteiger partial charge in [0.2, 0.25) is 0 Å². The first-order chi connectivity index (χ1) is 8.17. The van der Waals surface area contributed by atoms with E-state index in [0.717, 1.165) is 28.6 Å². The number of hydrogen-bond donors (Lipinski definition) is 1. The molecule has 94 valence electrons. The quantitative estimate of drug-likeness (QED) is 0.863. The number of ether oxygens (including phenoxy) is 1. The van der Waals surface area contributed by atoms with E-state index in [-0.39, 0.29) is 12.1 Å². The lowest BCUT2D eigenvalue weighted by Crippen LogP contribution is -2.30. The van der Waals surface area contributed by atoms with Crippen LogP contribution in [0.5, 0.6) is 5.75 Å². The second kappa shape index (κ2) is 5.38. The molecular formula is C13H18BrNO2. The minimum atomic E-state index is 0.117. The number of rotatable bonds is 4. The van der Waals surface area contributed by atoms with Crippen molar-refractivity contribution in [2.45, 2.75) is 38.8 Å². The van der Waals surface area contributed by atoms with Crippen LogP contribution in [-0.4, -0.2) is 13.2 Å². The summed E-state index contributed by atoms with van der Waals surface area (Å²) in [7, 11) is 1.64. The summed E-state index contributed by atoms with van der Waals surface area (Å²) in [5, 5.41) is 0. The third-order valence-electron chi connectivity index (χ3n) is 3.06. The maximum atomic E-state index is 6.03. The van der Waals surface area contributed by atoms with Gasteiger partial charge in [0.15, 0.2) is 0 Å². The van der Waals surface area contributed by atoms with E-state index in [4.69, 9.17) is 9.57 Å². The molecule has 1 heterocycles. The average molecular weight is 300 g/mol. The van der Waals surface area contributed by atoms with Gasteiger partial charge >= 0.3 is 0 Å². The van der Waals surface area contributed by atoms with E-state index in [9.17, 15) is 0 Å². The molecule has 2 atom stereocenters. The van der Waals surface area contributed by atoms with E-state index in [2.05, 4.69) is 47.4 Å². The van der Waals surface area contributed by atoms with Crippen molar-refractivity contribution in [3.63, 3.8) is 0 Å². The molecule has 0 saturated heterocycles. The Hall–Kier alpha value is -0.580. The lowest BCUT2D eigenvalue weighted by molar-refractivity contribution is 0.0268. The minimum absolute atomic E-state index is 0.117. The average Bonchev–Trinajstić information content (AvgIpc) is 2.59. The molecule has 1 aromatic carbocycles. The summed E-state index contributed by atoms with van der Waals surface area (Å²) in [6.07, 6.45) is 2.27. The highest BCUT2D eigenvalue weighted by Gasteiger charge is 2.35. The van der Waals surface area contributed by atoms with E-state index >= 15 is 0 Å². The van der Waals surface area contributed by atoms with Gasteiger partial charge in [-0.05, 0) is 31.0 Å². The van der Waals surface area contributed by atoms with Gasteiger partial charge in [0.1, 0.15) is 11.9 Å². The van der Waals surface area contributed by atoms with Gasteiger partial charge in [0, 0.05) is 10.0 Å². The van der Waals surface area contributed by atoms with Crippen molar-refractivity contribution < 1.29 is 9.57 Å². The summed E-state index contributed by atoms with van der Waals surface area (Å²) in [4.78, 5) is 5.09. The van der Waals surface area contributed by atoms with E-state index in [1.54, 1.807) is 7.11 Å². The molecule has 0 spiro atoms. The third-order valence-corrected chi connectivity index (χ3v) is 3.52. The van der Waals surface area contributed by atoms with Crippen LogP contribution in [0.2, 0.25) is 0 Å². The molecule has 1 aliphatic rings. The number of aryl methyl sites for hydroxylation is 1. The van der Waals surface area contributed by atoms with Crippen LogP contribution in [0.1, 0.15) is 36.9 Å². The third kappa shape index (κ3) is 2.49. The molecule has 0 saturated carbocycles. The van der Waals surface area contributed by atoms with Crippen LogP contribution in [-0.2, 0) is 4.84 Å². The maximum Gasteiger partial charge on any atom is 0.127 e. The Kier molecular flexibility index (Phi) is 4.07. The number of halogens is 1. The predicted molar refractivity (Wildman–Crippen MR) is 71.1 cm³/mol. The van der Waals surface area contributed by atoms with Crippen LogP contribution < -0.4 is 10.2 Å². The second-order valence-corrected chi connectivity index (χ2v) is 5.30. The van der Waals surface area contributed by atoms with Crippen molar-refractivity contribution in [1.82, 2.24) is 5.48 Å². The molecular weight excluding hydrogens is 282 g/mol. The predicted octanol–water partition coefficient (Wildman–Crippen LogP) is 3.51. The van der Waals surface area contributed by atoms with E-state index in [1.165, 1.54) is 5.56 Å². The lowest BCUT2D eigenvalue weighted by Gasteiger charge is -2.18. The van der Waals surface area contributed by atoms with E-state index in [0.29, 0.717) is 0 Å². The zero-order chi connectivity index (χ0) is 12.4. The molecule has 3 nitrogen and oxygen atoms in total. The minimum Gasteiger partial charge on any atom is -0.488 e. The Labute approximate surface area is 111 Å². The number of hydrogen-bond acceptors (Lipinski definition) is 3. The SMILES string of the molecule is CCCC1Oc2c(C)cc(Br)cc2C1NOC. The van der Waals surface area contributed by atoms with Crippen LogP contribution in [0, 0.1) is 6.92 Å². The highest BCUT2D eigenvalue weighted by molar-refractivity contribution is 9.10. The first kappa shape index (κ1) is 12.9. The molecule has 1 N–H and O–H groups in total. The Morgan fingerprint density at radius 1 is 1.47 bits per heavy atom. The largest absolute Gasteiger partial charge is 0.488 e. The fraction of sp³-hybridized carbons (Fsp3) is 0.538. The molecule has 0 radical (unpaired) electrons. The van der Waals surface area contributed by atoms with E-state index in [1.807, 2.05) is 0 Å². The number of fused-ring (bicyclic) bond motifs is 1. The van der Waals surface area contributed by atoms with Crippen molar-refractivity contribution in [1.29, 1.82) is 0 Å². The zero-order valence-electron chi connectivity index (χ0n) is 10.4. The highest BCUT2D eigenvalue weighted by Crippen LogP contribution is 2.42. The molecule has 2 unspecified atom stereocenters. The van der Waals surface area contributed by atoms with Crippen molar-refractivity contribution in [3.05, 3.63) is 27.7 Å². The van der Waals surface area contributed by atoms with Crippen LogP contribution in [0.15, 0.2) is 16.6 Å². The smallest absolute Gasteiger partial charge is 0.127 e. The molecule has 17 heavy (non-hydrogen) atoms. The molecule has 0 bridgehead atoms. The first-order valence-corrected chi connectivity index (χ1v) is 6.71. The number of nitrogens with one attached hydrogen (secondary N) is 1. The lowest BCUT2D eigenvalue weighted by atomic mass is 10.00. The fourth-order valence-corrected chi connectivity index (χ4v) is 2.93.